The second-order valence-electron chi connectivity index (χ2n) is 9.39. The summed E-state index contributed by atoms with van der Waals surface area (Å²) in [4.78, 5) is 26.9. The van der Waals surface area contributed by atoms with Crippen molar-refractivity contribution in [3.05, 3.63) is 22.2 Å². The molecule has 2 fully saturated rings. The zero-order valence-corrected chi connectivity index (χ0v) is 21.0. The van der Waals surface area contributed by atoms with E-state index >= 15 is 0 Å². The molecule has 2 saturated carbocycles. The number of thiocarbonyl (C=S) groups is 1. The van der Waals surface area contributed by atoms with Crippen LogP contribution < -0.4 is 26.0 Å². The molecule has 0 bridgehead atoms. The van der Waals surface area contributed by atoms with Gasteiger partial charge in [-0.25, -0.2) is 0 Å². The van der Waals surface area contributed by atoms with Gasteiger partial charge in [-0.15, -0.1) is 16.4 Å². The number of nitrogens with one attached hydrogen (secondary N) is 4. The normalized spacial score (nSPS) is 19.2. The average molecular weight is 503 g/mol. The Hall–Kier alpha value is -2.66. The fourth-order valence-corrected chi connectivity index (χ4v) is 5.81. The molecule has 3 aliphatic carbocycles. The number of methoxy groups -OCH3 is 1. The van der Waals surface area contributed by atoms with Crippen LogP contribution in [0.4, 0.5) is 10.7 Å². The molecule has 2 heterocycles. The van der Waals surface area contributed by atoms with Gasteiger partial charge in [-0.1, -0.05) is 0 Å². The van der Waals surface area contributed by atoms with E-state index in [0.717, 1.165) is 31.2 Å². The van der Waals surface area contributed by atoms with Crippen LogP contribution in [0.25, 0.3) is 0 Å². The Morgan fingerprint density at radius 3 is 2.74 bits per heavy atom. The zero-order valence-electron chi connectivity index (χ0n) is 19.4. The topological polar surface area (TPSA) is 109 Å². The second-order valence-corrected chi connectivity index (χ2v) is 10.9. The van der Waals surface area contributed by atoms with Crippen LogP contribution in [0.15, 0.2) is 6.20 Å². The fourth-order valence-electron chi connectivity index (χ4n) is 4.29. The molecular weight excluding hydrogens is 472 g/mol. The van der Waals surface area contributed by atoms with Crippen molar-refractivity contribution in [2.75, 3.05) is 24.3 Å². The minimum absolute atomic E-state index is 0.0281. The first kappa shape index (κ1) is 23.1. The molecule has 9 nitrogen and oxygen atoms in total. The highest BCUT2D eigenvalue weighted by Gasteiger charge is 2.34. The maximum atomic E-state index is 13.2. The van der Waals surface area contributed by atoms with E-state index in [1.54, 1.807) is 23.1 Å². The molecule has 0 unspecified atom stereocenters. The van der Waals surface area contributed by atoms with Crippen molar-refractivity contribution >= 4 is 51.2 Å². The molecule has 11 heteroatoms. The van der Waals surface area contributed by atoms with Crippen LogP contribution >= 0.6 is 23.6 Å². The summed E-state index contributed by atoms with van der Waals surface area (Å²) in [6.45, 7) is 0.697. The van der Waals surface area contributed by atoms with Gasteiger partial charge in [-0.3, -0.25) is 14.3 Å². The highest BCUT2D eigenvalue weighted by Crippen LogP contribution is 2.40. The number of ether oxygens (including phenoxy) is 1. The standard InChI is InChI=1S/C23H30N6O3S2/c1-29-11-16(21(28-29)32-2)26-23(33)25-14-7-8-17-15(9-14)18(20(31)24-10-12-3-4-12)22(34-17)27-19(30)13-5-6-13/h11-14H,3-10H2,1-2H3,(H,24,31)(H,27,30)(H2,25,26,33)/t14-/m0/s1. The summed E-state index contributed by atoms with van der Waals surface area (Å²) < 4.78 is 6.94. The van der Waals surface area contributed by atoms with Crippen LogP contribution in [0.5, 0.6) is 5.88 Å². The van der Waals surface area contributed by atoms with E-state index in [1.165, 1.54) is 17.7 Å². The number of amides is 2. The first-order valence-corrected chi connectivity index (χ1v) is 13.0. The number of anilines is 2. The van der Waals surface area contributed by atoms with Gasteiger partial charge < -0.3 is 26.0 Å². The van der Waals surface area contributed by atoms with E-state index < -0.39 is 0 Å². The third-order valence-electron chi connectivity index (χ3n) is 6.49. The Balaban J connectivity index is 1.30. The molecule has 34 heavy (non-hydrogen) atoms. The SMILES string of the molecule is COc1nn(C)cc1NC(=S)N[C@H]1CCc2sc(NC(=O)C3CC3)c(C(=O)NCC3CC3)c2C1. The molecule has 2 amide bonds. The molecule has 0 aliphatic heterocycles. The number of aryl methyl sites for hydroxylation is 2. The number of carbonyl (C=O) groups excluding carboxylic acids is 2. The van der Waals surface area contributed by atoms with Crippen LogP contribution in [0.2, 0.25) is 0 Å². The lowest BCUT2D eigenvalue weighted by Gasteiger charge is -2.25. The molecule has 2 aromatic heterocycles. The van der Waals surface area contributed by atoms with Gasteiger partial charge in [0.2, 0.25) is 5.91 Å². The van der Waals surface area contributed by atoms with Crippen LogP contribution in [0, 0.1) is 11.8 Å². The third-order valence-corrected chi connectivity index (χ3v) is 7.92. The Morgan fingerprint density at radius 2 is 2.03 bits per heavy atom. The lowest BCUT2D eigenvalue weighted by atomic mass is 9.91. The van der Waals surface area contributed by atoms with Gasteiger partial charge in [0.15, 0.2) is 5.11 Å². The van der Waals surface area contributed by atoms with Crippen molar-refractivity contribution in [2.24, 2.45) is 18.9 Å². The van der Waals surface area contributed by atoms with E-state index in [1.807, 2.05) is 13.2 Å². The summed E-state index contributed by atoms with van der Waals surface area (Å²) in [5, 5.41) is 18.1. The third kappa shape index (κ3) is 5.20. The van der Waals surface area contributed by atoms with E-state index in [0.29, 0.717) is 46.1 Å². The maximum Gasteiger partial charge on any atom is 0.256 e. The lowest BCUT2D eigenvalue weighted by Crippen LogP contribution is -2.41. The Labute approximate surface area is 208 Å². The summed E-state index contributed by atoms with van der Waals surface area (Å²) >= 11 is 7.09. The van der Waals surface area contributed by atoms with Crippen molar-refractivity contribution in [3.63, 3.8) is 0 Å². The van der Waals surface area contributed by atoms with Gasteiger partial charge in [0.05, 0.1) is 18.9 Å². The van der Waals surface area contributed by atoms with Gasteiger partial charge in [0.25, 0.3) is 11.8 Å². The Kier molecular flexibility index (Phi) is 6.48. The summed E-state index contributed by atoms with van der Waals surface area (Å²) in [6.07, 6.45) is 8.40. The molecule has 182 valence electrons. The number of fused-ring (bicyclic) bond motifs is 1. The van der Waals surface area contributed by atoms with Crippen LogP contribution in [-0.2, 0) is 24.7 Å². The van der Waals surface area contributed by atoms with Gasteiger partial charge in [0, 0.05) is 30.4 Å². The van der Waals surface area contributed by atoms with Crippen LogP contribution in [0.1, 0.15) is 52.9 Å². The molecule has 0 radical (unpaired) electrons. The molecule has 4 N–H and O–H groups in total. The maximum absolute atomic E-state index is 13.2. The second kappa shape index (κ2) is 9.53. The zero-order chi connectivity index (χ0) is 23.8. The smallest absolute Gasteiger partial charge is 0.256 e. The number of thiophene rings is 1. The minimum Gasteiger partial charge on any atom is -0.478 e. The van der Waals surface area contributed by atoms with E-state index in [9.17, 15) is 9.59 Å². The molecule has 1 atom stereocenters. The summed E-state index contributed by atoms with van der Waals surface area (Å²) in [5.41, 5.74) is 2.35. The molecule has 3 aliphatic rings. The van der Waals surface area contributed by atoms with Gasteiger partial charge in [0.1, 0.15) is 10.7 Å². The average Bonchev–Trinajstić information content (AvgIpc) is 3.72. The quantitative estimate of drug-likeness (QED) is 0.411. The predicted molar refractivity (Wildman–Crippen MR) is 136 cm³/mol. The summed E-state index contributed by atoms with van der Waals surface area (Å²) in [7, 11) is 3.39. The number of hydrogen-bond acceptors (Lipinski definition) is 6. The molecule has 0 spiro atoms. The number of nitrogens with zero attached hydrogens (tertiary/aromatic N) is 2. The number of hydrogen-bond donors (Lipinski definition) is 4. The fraction of sp³-hybridized carbons (Fsp3) is 0.565. The van der Waals surface area contributed by atoms with Crippen LogP contribution in [0.3, 0.4) is 0 Å². The van der Waals surface area contributed by atoms with Crippen molar-refractivity contribution in [2.45, 2.75) is 51.0 Å². The van der Waals surface area contributed by atoms with Gasteiger partial charge in [-0.2, -0.15) is 0 Å². The Bertz CT molecular complexity index is 1120. The molecular formula is C23H30N6O3S2. The first-order chi connectivity index (χ1) is 16.4. The number of aromatic nitrogens is 2. The highest BCUT2D eigenvalue weighted by molar-refractivity contribution is 7.80. The number of carbonyl (C=O) groups is 2. The number of rotatable bonds is 8. The monoisotopic (exact) mass is 502 g/mol. The molecule has 5 rings (SSSR count). The highest BCUT2D eigenvalue weighted by atomic mass is 32.1. The minimum atomic E-state index is -0.0862. The molecule has 0 aromatic carbocycles. The van der Waals surface area contributed by atoms with E-state index in [2.05, 4.69) is 26.4 Å². The lowest BCUT2D eigenvalue weighted by molar-refractivity contribution is -0.117. The van der Waals surface area contributed by atoms with E-state index in [-0.39, 0.29) is 23.8 Å². The van der Waals surface area contributed by atoms with Crippen molar-refractivity contribution < 1.29 is 14.3 Å². The molecule has 0 saturated heterocycles. The van der Waals surface area contributed by atoms with Crippen molar-refractivity contribution in [1.82, 2.24) is 20.4 Å². The van der Waals surface area contributed by atoms with Gasteiger partial charge >= 0.3 is 0 Å². The van der Waals surface area contributed by atoms with Crippen molar-refractivity contribution in [3.8, 4) is 5.88 Å². The summed E-state index contributed by atoms with van der Waals surface area (Å²) in [5.74, 6) is 1.09. The summed E-state index contributed by atoms with van der Waals surface area (Å²) in [6, 6.07) is 0.0757. The predicted octanol–water partition coefficient (Wildman–Crippen LogP) is 2.82. The Morgan fingerprint density at radius 1 is 1.24 bits per heavy atom. The molecule has 2 aromatic rings. The first-order valence-electron chi connectivity index (χ1n) is 11.8. The largest absolute Gasteiger partial charge is 0.478 e. The van der Waals surface area contributed by atoms with Gasteiger partial charge in [-0.05, 0) is 68.6 Å². The van der Waals surface area contributed by atoms with E-state index in [4.69, 9.17) is 17.0 Å². The van der Waals surface area contributed by atoms with Crippen LogP contribution in [-0.4, -0.2) is 46.4 Å². The van der Waals surface area contributed by atoms with Crippen molar-refractivity contribution in [1.29, 1.82) is 0 Å².